The second-order valence-electron chi connectivity index (χ2n) is 3.25. The summed E-state index contributed by atoms with van der Waals surface area (Å²) >= 11 is 0. The van der Waals surface area contributed by atoms with Crippen molar-refractivity contribution in [1.29, 1.82) is 0 Å². The second kappa shape index (κ2) is 3.54. The van der Waals surface area contributed by atoms with Gasteiger partial charge in [-0.05, 0) is 18.1 Å². The molecule has 1 heterocycles. The van der Waals surface area contributed by atoms with E-state index in [1.807, 2.05) is 12.1 Å². The van der Waals surface area contributed by atoms with Crippen molar-refractivity contribution in [3.05, 3.63) is 36.0 Å². The lowest BCUT2D eigenvalue weighted by molar-refractivity contribution is 1.09. The smallest absolute Gasteiger partial charge is 0.0880 e. The molecular formula is C11H13N3. The topological polar surface area (TPSA) is 54.7 Å². The van der Waals surface area contributed by atoms with Crippen LogP contribution in [0.2, 0.25) is 0 Å². The molecule has 0 unspecified atom stereocenters. The molecule has 0 aliphatic rings. The molecule has 3 N–H and O–H groups in total. The van der Waals surface area contributed by atoms with Crippen LogP contribution in [-0.2, 0) is 6.42 Å². The lowest BCUT2D eigenvalue weighted by atomic mass is 10.1. The normalized spacial score (nSPS) is 10.4. The largest absolute Gasteiger partial charge is 0.396 e. The molecule has 0 aliphatic heterocycles. The molecule has 2 rings (SSSR count). The monoisotopic (exact) mass is 187 g/mol. The van der Waals surface area contributed by atoms with Crippen LogP contribution in [0.5, 0.6) is 0 Å². The van der Waals surface area contributed by atoms with E-state index in [0.29, 0.717) is 5.69 Å². The fourth-order valence-corrected chi connectivity index (χ4v) is 1.47. The Morgan fingerprint density at radius 1 is 1.43 bits per heavy atom. The zero-order valence-corrected chi connectivity index (χ0v) is 8.12. The van der Waals surface area contributed by atoms with Crippen LogP contribution < -0.4 is 5.73 Å². The Hall–Kier alpha value is -1.77. The molecule has 0 spiro atoms. The van der Waals surface area contributed by atoms with Gasteiger partial charge in [0.15, 0.2) is 0 Å². The molecule has 1 aromatic heterocycles. The summed E-state index contributed by atoms with van der Waals surface area (Å²) in [6.45, 7) is 2.13. The minimum Gasteiger partial charge on any atom is -0.396 e. The third-order valence-electron chi connectivity index (χ3n) is 2.29. The van der Waals surface area contributed by atoms with Gasteiger partial charge in [-0.2, -0.15) is 5.10 Å². The summed E-state index contributed by atoms with van der Waals surface area (Å²) in [5.41, 5.74) is 9.77. The van der Waals surface area contributed by atoms with Crippen molar-refractivity contribution in [2.75, 3.05) is 5.73 Å². The van der Waals surface area contributed by atoms with Crippen LogP contribution in [0.4, 0.5) is 5.69 Å². The molecule has 3 heteroatoms. The highest BCUT2D eigenvalue weighted by molar-refractivity contribution is 5.72. The summed E-state index contributed by atoms with van der Waals surface area (Å²) in [7, 11) is 0. The maximum absolute atomic E-state index is 5.77. The first-order chi connectivity index (χ1) is 6.81. The van der Waals surface area contributed by atoms with Crippen molar-refractivity contribution in [2.24, 2.45) is 0 Å². The lowest BCUT2D eigenvalue weighted by Crippen LogP contribution is -1.88. The van der Waals surface area contributed by atoms with Crippen LogP contribution in [0.1, 0.15) is 12.5 Å². The molecule has 0 saturated carbocycles. The Labute approximate surface area is 83.0 Å². The van der Waals surface area contributed by atoms with Gasteiger partial charge < -0.3 is 5.73 Å². The van der Waals surface area contributed by atoms with E-state index in [-0.39, 0.29) is 0 Å². The molecule has 14 heavy (non-hydrogen) atoms. The summed E-state index contributed by atoms with van der Waals surface area (Å²) in [6, 6.07) is 8.30. The van der Waals surface area contributed by atoms with Gasteiger partial charge in [-0.3, -0.25) is 5.10 Å². The Balaban J connectivity index is 2.47. The number of hydrogen-bond acceptors (Lipinski definition) is 2. The van der Waals surface area contributed by atoms with Gasteiger partial charge in [-0.25, -0.2) is 0 Å². The van der Waals surface area contributed by atoms with Gasteiger partial charge >= 0.3 is 0 Å². The van der Waals surface area contributed by atoms with Crippen LogP contribution in [0.3, 0.4) is 0 Å². The molecular weight excluding hydrogens is 174 g/mol. The van der Waals surface area contributed by atoms with E-state index >= 15 is 0 Å². The quantitative estimate of drug-likeness (QED) is 0.757. The predicted molar refractivity (Wildman–Crippen MR) is 57.8 cm³/mol. The molecule has 0 fully saturated rings. The number of nitrogens with two attached hydrogens (primary N) is 1. The minimum atomic E-state index is 0.693. The van der Waals surface area contributed by atoms with Crippen molar-refractivity contribution in [1.82, 2.24) is 10.2 Å². The number of rotatable bonds is 2. The van der Waals surface area contributed by atoms with Crippen LogP contribution >= 0.6 is 0 Å². The maximum atomic E-state index is 5.77. The van der Waals surface area contributed by atoms with Crippen molar-refractivity contribution in [3.8, 4) is 11.3 Å². The van der Waals surface area contributed by atoms with Gasteiger partial charge in [-0.15, -0.1) is 0 Å². The summed E-state index contributed by atoms with van der Waals surface area (Å²) < 4.78 is 0. The van der Waals surface area contributed by atoms with Crippen molar-refractivity contribution >= 4 is 5.69 Å². The SMILES string of the molecule is CCc1cccc(-c2[nH]ncc2N)c1. The summed E-state index contributed by atoms with van der Waals surface area (Å²) in [5.74, 6) is 0. The van der Waals surface area contributed by atoms with E-state index in [4.69, 9.17) is 5.73 Å². The average Bonchev–Trinajstić information content (AvgIpc) is 2.65. The number of nitrogen functional groups attached to an aromatic ring is 1. The van der Waals surface area contributed by atoms with E-state index in [1.165, 1.54) is 5.56 Å². The number of H-pyrrole nitrogens is 1. The Bertz CT molecular complexity index is 432. The molecule has 0 aliphatic carbocycles. The van der Waals surface area contributed by atoms with Gasteiger partial charge in [-0.1, -0.05) is 25.1 Å². The average molecular weight is 187 g/mol. The molecule has 0 atom stereocenters. The molecule has 0 bridgehead atoms. The fourth-order valence-electron chi connectivity index (χ4n) is 1.47. The number of hydrogen-bond donors (Lipinski definition) is 2. The third-order valence-corrected chi connectivity index (χ3v) is 2.29. The van der Waals surface area contributed by atoms with Crippen LogP contribution in [0.15, 0.2) is 30.5 Å². The number of aromatic nitrogens is 2. The van der Waals surface area contributed by atoms with Crippen molar-refractivity contribution < 1.29 is 0 Å². The minimum absolute atomic E-state index is 0.693. The lowest BCUT2D eigenvalue weighted by Gasteiger charge is -2.01. The Kier molecular flexibility index (Phi) is 2.23. The number of nitrogens with one attached hydrogen (secondary N) is 1. The van der Waals surface area contributed by atoms with E-state index in [1.54, 1.807) is 6.20 Å². The molecule has 0 amide bonds. The first kappa shape index (κ1) is 8.81. The molecule has 3 nitrogen and oxygen atoms in total. The molecule has 2 aromatic rings. The highest BCUT2D eigenvalue weighted by atomic mass is 15.1. The fraction of sp³-hybridized carbons (Fsp3) is 0.182. The van der Waals surface area contributed by atoms with Crippen LogP contribution in [0, 0.1) is 0 Å². The standard InChI is InChI=1S/C11H13N3/c1-2-8-4-3-5-9(6-8)11-10(12)7-13-14-11/h3-7H,2,12H2,1H3,(H,13,14). The zero-order chi connectivity index (χ0) is 9.97. The van der Waals surface area contributed by atoms with Crippen molar-refractivity contribution in [3.63, 3.8) is 0 Å². The second-order valence-corrected chi connectivity index (χ2v) is 3.25. The van der Waals surface area contributed by atoms with Crippen molar-refractivity contribution in [2.45, 2.75) is 13.3 Å². The third kappa shape index (κ3) is 1.48. The van der Waals surface area contributed by atoms with Gasteiger partial charge in [0.2, 0.25) is 0 Å². The number of anilines is 1. The van der Waals surface area contributed by atoms with Crippen LogP contribution in [-0.4, -0.2) is 10.2 Å². The number of benzene rings is 1. The van der Waals surface area contributed by atoms with Gasteiger partial charge in [0.05, 0.1) is 17.6 Å². The first-order valence-electron chi connectivity index (χ1n) is 4.69. The van der Waals surface area contributed by atoms with E-state index in [0.717, 1.165) is 17.7 Å². The van der Waals surface area contributed by atoms with E-state index in [2.05, 4.69) is 29.3 Å². The first-order valence-corrected chi connectivity index (χ1v) is 4.69. The summed E-state index contributed by atoms with van der Waals surface area (Å²) in [4.78, 5) is 0. The number of nitrogens with zero attached hydrogens (tertiary/aromatic N) is 1. The highest BCUT2D eigenvalue weighted by Crippen LogP contribution is 2.23. The van der Waals surface area contributed by atoms with Gasteiger partial charge in [0, 0.05) is 5.56 Å². The molecule has 1 aromatic carbocycles. The van der Waals surface area contributed by atoms with E-state index < -0.39 is 0 Å². The Morgan fingerprint density at radius 3 is 2.93 bits per heavy atom. The van der Waals surface area contributed by atoms with Gasteiger partial charge in [0.25, 0.3) is 0 Å². The molecule has 72 valence electrons. The van der Waals surface area contributed by atoms with Crippen LogP contribution in [0.25, 0.3) is 11.3 Å². The van der Waals surface area contributed by atoms with Gasteiger partial charge in [0.1, 0.15) is 0 Å². The number of aryl methyl sites for hydroxylation is 1. The zero-order valence-electron chi connectivity index (χ0n) is 8.12. The Morgan fingerprint density at radius 2 is 2.29 bits per heavy atom. The number of aromatic amines is 1. The summed E-state index contributed by atoms with van der Waals surface area (Å²) in [6.07, 6.45) is 2.66. The highest BCUT2D eigenvalue weighted by Gasteiger charge is 2.04. The maximum Gasteiger partial charge on any atom is 0.0880 e. The molecule has 0 radical (unpaired) electrons. The summed E-state index contributed by atoms with van der Waals surface area (Å²) in [5, 5.41) is 6.80. The molecule has 0 saturated heterocycles. The van der Waals surface area contributed by atoms with E-state index in [9.17, 15) is 0 Å². The predicted octanol–water partition coefficient (Wildman–Crippen LogP) is 2.22.